The van der Waals surface area contributed by atoms with Gasteiger partial charge in [-0.15, -0.1) is 0 Å². The molecule has 3 aromatic carbocycles. The van der Waals surface area contributed by atoms with E-state index >= 15 is 0 Å². The van der Waals surface area contributed by atoms with Crippen LogP contribution in [0.15, 0.2) is 78.4 Å². The van der Waals surface area contributed by atoms with Gasteiger partial charge in [-0.25, -0.2) is 0 Å². The molecule has 0 radical (unpaired) electrons. The van der Waals surface area contributed by atoms with Crippen LogP contribution in [-0.4, -0.2) is 58.9 Å². The van der Waals surface area contributed by atoms with Crippen LogP contribution in [0.25, 0.3) is 5.76 Å². The van der Waals surface area contributed by atoms with Crippen LogP contribution in [0.2, 0.25) is 0 Å². The van der Waals surface area contributed by atoms with Crippen LogP contribution in [-0.2, 0) is 22.6 Å². The van der Waals surface area contributed by atoms with Crippen LogP contribution in [0.1, 0.15) is 49.1 Å². The molecule has 0 aliphatic carbocycles. The summed E-state index contributed by atoms with van der Waals surface area (Å²) < 4.78 is 11.9. The van der Waals surface area contributed by atoms with Gasteiger partial charge in [0.1, 0.15) is 30.0 Å². The Bertz CT molecular complexity index is 1410. The molecule has 1 amide bonds. The summed E-state index contributed by atoms with van der Waals surface area (Å²) in [5, 5.41) is 11.5. The Morgan fingerprint density at radius 1 is 1.02 bits per heavy atom. The Balaban J connectivity index is 1.53. The fourth-order valence-corrected chi connectivity index (χ4v) is 5.49. The zero-order chi connectivity index (χ0) is 28.2. The number of ether oxygens (including phenoxy) is 2. The second-order valence-corrected chi connectivity index (χ2v) is 10.3. The lowest BCUT2D eigenvalue weighted by molar-refractivity contribution is -0.140. The summed E-state index contributed by atoms with van der Waals surface area (Å²) in [6.07, 6.45) is 0.774. The molecule has 0 bridgehead atoms. The molecule has 0 aromatic heterocycles. The van der Waals surface area contributed by atoms with Gasteiger partial charge in [0.15, 0.2) is 0 Å². The number of benzene rings is 3. The minimum absolute atomic E-state index is 0.0525. The monoisotopic (exact) mass is 540 g/mol. The van der Waals surface area contributed by atoms with E-state index in [2.05, 4.69) is 18.7 Å². The average Bonchev–Trinajstić information content (AvgIpc) is 3.47. The third-order valence-corrected chi connectivity index (χ3v) is 7.68. The maximum atomic E-state index is 13.5. The van der Waals surface area contributed by atoms with E-state index in [4.69, 9.17) is 9.47 Å². The van der Waals surface area contributed by atoms with Gasteiger partial charge in [-0.3, -0.25) is 9.59 Å². The number of aliphatic hydroxyl groups is 1. The standard InChI is InChI=1S/C33H36N2O5/c1-4-34(5-2)16-17-35-30(24-12-9-13-27(20-24)39-21-23-10-7-6-8-11-23)29(32(37)33(35)38)31(36)25-14-15-28-26(19-25)18-22(3)40-28/h6-15,19-20,22,30,36H,4-5,16-18,21H2,1-3H3/b31-29+/t22-,30-/m0/s1. The lowest BCUT2D eigenvalue weighted by Crippen LogP contribution is -2.38. The largest absolute Gasteiger partial charge is 0.507 e. The van der Waals surface area contributed by atoms with Crippen LogP contribution >= 0.6 is 0 Å². The van der Waals surface area contributed by atoms with Crippen molar-refractivity contribution in [2.45, 2.75) is 45.9 Å². The first kappa shape index (κ1) is 27.5. The van der Waals surface area contributed by atoms with Crippen LogP contribution < -0.4 is 9.47 Å². The molecule has 1 fully saturated rings. The predicted octanol–water partition coefficient (Wildman–Crippen LogP) is 5.35. The van der Waals surface area contributed by atoms with E-state index in [0.29, 0.717) is 36.6 Å². The van der Waals surface area contributed by atoms with Crippen LogP contribution in [0.3, 0.4) is 0 Å². The third-order valence-electron chi connectivity index (χ3n) is 7.68. The predicted molar refractivity (Wildman–Crippen MR) is 154 cm³/mol. The number of fused-ring (bicyclic) bond motifs is 1. The summed E-state index contributed by atoms with van der Waals surface area (Å²) in [5.74, 6) is -0.0512. The lowest BCUT2D eigenvalue weighted by atomic mass is 9.94. The van der Waals surface area contributed by atoms with Crippen molar-refractivity contribution in [3.63, 3.8) is 0 Å². The van der Waals surface area contributed by atoms with Gasteiger partial charge in [0, 0.05) is 25.1 Å². The molecule has 2 heterocycles. The normalized spacial score (nSPS) is 19.6. The van der Waals surface area contributed by atoms with Crippen molar-refractivity contribution in [3.05, 3.63) is 101 Å². The van der Waals surface area contributed by atoms with Crippen molar-refractivity contribution < 1.29 is 24.2 Å². The molecule has 7 heteroatoms. The number of likely N-dealkylation sites (tertiary alicyclic amines) is 1. The number of amides is 1. The fourth-order valence-electron chi connectivity index (χ4n) is 5.49. The Labute approximate surface area is 235 Å². The first-order valence-corrected chi connectivity index (χ1v) is 14.0. The molecule has 1 saturated heterocycles. The topological polar surface area (TPSA) is 79.3 Å². The summed E-state index contributed by atoms with van der Waals surface area (Å²) in [6.45, 7) is 9.18. The average molecular weight is 541 g/mol. The quantitative estimate of drug-likeness (QED) is 0.212. The van der Waals surface area contributed by atoms with E-state index in [1.165, 1.54) is 0 Å². The molecule has 40 heavy (non-hydrogen) atoms. The summed E-state index contributed by atoms with van der Waals surface area (Å²) in [7, 11) is 0. The number of hydrogen-bond donors (Lipinski definition) is 1. The smallest absolute Gasteiger partial charge is 0.295 e. The summed E-state index contributed by atoms with van der Waals surface area (Å²) in [6, 6.07) is 22.0. The van der Waals surface area contributed by atoms with Crippen molar-refractivity contribution in [1.82, 2.24) is 9.80 Å². The van der Waals surface area contributed by atoms with Gasteiger partial charge in [0.25, 0.3) is 11.7 Å². The Morgan fingerprint density at radius 3 is 2.55 bits per heavy atom. The Kier molecular flexibility index (Phi) is 8.21. The number of nitrogens with zero attached hydrogens (tertiary/aromatic N) is 2. The highest BCUT2D eigenvalue weighted by atomic mass is 16.5. The van der Waals surface area contributed by atoms with Crippen molar-refractivity contribution in [2.24, 2.45) is 0 Å². The minimum Gasteiger partial charge on any atom is -0.507 e. The molecule has 7 nitrogen and oxygen atoms in total. The van der Waals surface area contributed by atoms with E-state index in [9.17, 15) is 14.7 Å². The first-order valence-electron chi connectivity index (χ1n) is 14.0. The van der Waals surface area contributed by atoms with Gasteiger partial charge < -0.3 is 24.4 Å². The summed E-state index contributed by atoms with van der Waals surface area (Å²) in [5.41, 5.74) is 3.31. The second-order valence-electron chi connectivity index (χ2n) is 10.3. The number of likely N-dealkylation sites (N-methyl/N-ethyl adjacent to an activating group) is 1. The molecule has 2 aliphatic rings. The minimum atomic E-state index is -0.737. The number of Topliss-reactive ketones (excluding diaryl/α,β-unsaturated/α-hetero) is 1. The molecule has 3 aromatic rings. The van der Waals surface area contributed by atoms with Crippen molar-refractivity contribution in [2.75, 3.05) is 26.2 Å². The number of ketones is 1. The molecule has 5 rings (SSSR count). The molecular formula is C33H36N2O5. The van der Waals surface area contributed by atoms with Crippen molar-refractivity contribution in [1.29, 1.82) is 0 Å². The summed E-state index contributed by atoms with van der Waals surface area (Å²) in [4.78, 5) is 30.7. The number of hydrogen-bond acceptors (Lipinski definition) is 6. The highest BCUT2D eigenvalue weighted by Gasteiger charge is 2.46. The molecule has 208 valence electrons. The molecule has 2 aliphatic heterocycles. The van der Waals surface area contributed by atoms with Gasteiger partial charge in [-0.2, -0.15) is 0 Å². The second kappa shape index (κ2) is 12.0. The van der Waals surface area contributed by atoms with Crippen LogP contribution in [0.5, 0.6) is 11.5 Å². The number of rotatable bonds is 10. The molecule has 0 unspecified atom stereocenters. The molecule has 2 atom stereocenters. The first-order chi connectivity index (χ1) is 19.4. The van der Waals surface area contributed by atoms with E-state index in [1.54, 1.807) is 11.0 Å². The van der Waals surface area contributed by atoms with Gasteiger partial charge in [-0.05, 0) is 67.0 Å². The van der Waals surface area contributed by atoms with E-state index in [0.717, 1.165) is 36.4 Å². The van der Waals surface area contributed by atoms with Crippen molar-refractivity contribution in [3.8, 4) is 11.5 Å². The Hall–Kier alpha value is -4.10. The Morgan fingerprint density at radius 2 is 1.80 bits per heavy atom. The van der Waals surface area contributed by atoms with Crippen LogP contribution in [0.4, 0.5) is 0 Å². The number of carbonyl (C=O) groups excluding carboxylic acids is 2. The lowest BCUT2D eigenvalue weighted by Gasteiger charge is -2.28. The number of aliphatic hydroxyl groups excluding tert-OH is 1. The fraction of sp³-hybridized carbons (Fsp3) is 0.333. The van der Waals surface area contributed by atoms with Crippen LogP contribution in [0, 0.1) is 0 Å². The highest BCUT2D eigenvalue weighted by Crippen LogP contribution is 2.41. The van der Waals surface area contributed by atoms with Gasteiger partial charge in [0.05, 0.1) is 11.6 Å². The summed E-state index contributed by atoms with van der Waals surface area (Å²) >= 11 is 0. The molecular weight excluding hydrogens is 504 g/mol. The van der Waals surface area contributed by atoms with Gasteiger partial charge in [-0.1, -0.05) is 56.3 Å². The third kappa shape index (κ3) is 5.61. The number of carbonyl (C=O) groups is 2. The van der Waals surface area contributed by atoms with Gasteiger partial charge in [0.2, 0.25) is 0 Å². The SMILES string of the molecule is CCN(CC)CCN1C(=O)C(=O)/C(=C(/O)c2ccc3c(c2)C[C@H](C)O3)[C@@H]1c1cccc(OCc2ccccc2)c1. The highest BCUT2D eigenvalue weighted by molar-refractivity contribution is 6.46. The van der Waals surface area contributed by atoms with E-state index in [1.807, 2.05) is 73.7 Å². The molecule has 1 N–H and O–H groups in total. The maximum absolute atomic E-state index is 13.5. The van der Waals surface area contributed by atoms with Crippen molar-refractivity contribution >= 4 is 17.4 Å². The zero-order valence-electron chi connectivity index (χ0n) is 23.3. The molecule has 0 saturated carbocycles. The molecule has 0 spiro atoms. The van der Waals surface area contributed by atoms with E-state index in [-0.39, 0.29) is 17.4 Å². The maximum Gasteiger partial charge on any atom is 0.295 e. The zero-order valence-corrected chi connectivity index (χ0v) is 23.3. The van der Waals surface area contributed by atoms with E-state index < -0.39 is 17.7 Å². The van der Waals surface area contributed by atoms with Gasteiger partial charge >= 0.3 is 0 Å².